The molecular weight excluding hydrogens is 248 g/mol. The van der Waals surface area contributed by atoms with Crippen molar-refractivity contribution in [2.24, 2.45) is 11.8 Å². The van der Waals surface area contributed by atoms with Crippen LogP contribution < -0.4 is 5.32 Å². The molecule has 1 heterocycles. The molecule has 3 unspecified atom stereocenters. The highest BCUT2D eigenvalue weighted by molar-refractivity contribution is 4.86. The summed E-state index contributed by atoms with van der Waals surface area (Å²) >= 11 is 0. The summed E-state index contributed by atoms with van der Waals surface area (Å²) in [6.45, 7) is 6.56. The third-order valence-corrected chi connectivity index (χ3v) is 5.14. The Morgan fingerprint density at radius 1 is 1.10 bits per heavy atom. The van der Waals surface area contributed by atoms with E-state index in [-0.39, 0.29) is 6.10 Å². The van der Waals surface area contributed by atoms with Crippen LogP contribution in [0, 0.1) is 11.8 Å². The van der Waals surface area contributed by atoms with E-state index in [9.17, 15) is 5.11 Å². The third kappa shape index (κ3) is 5.01. The number of piperidine rings is 1. The molecule has 0 bridgehead atoms. The monoisotopic (exact) mass is 282 g/mol. The van der Waals surface area contributed by atoms with Crippen LogP contribution >= 0.6 is 0 Å². The van der Waals surface area contributed by atoms with Gasteiger partial charge in [-0.05, 0) is 44.6 Å². The van der Waals surface area contributed by atoms with Crippen molar-refractivity contribution in [2.75, 3.05) is 20.1 Å². The maximum absolute atomic E-state index is 10.1. The highest BCUT2D eigenvalue weighted by Crippen LogP contribution is 2.25. The van der Waals surface area contributed by atoms with Gasteiger partial charge in [0.15, 0.2) is 0 Å². The first kappa shape index (κ1) is 16.3. The fourth-order valence-electron chi connectivity index (χ4n) is 3.95. The van der Waals surface area contributed by atoms with Crippen molar-refractivity contribution in [3.8, 4) is 0 Å². The van der Waals surface area contributed by atoms with Gasteiger partial charge < -0.3 is 15.3 Å². The molecule has 3 nitrogen and oxygen atoms in total. The lowest BCUT2D eigenvalue weighted by Crippen LogP contribution is -2.51. The Morgan fingerprint density at radius 2 is 1.80 bits per heavy atom. The lowest BCUT2D eigenvalue weighted by molar-refractivity contribution is 0.0663. The van der Waals surface area contributed by atoms with Crippen molar-refractivity contribution in [1.29, 1.82) is 0 Å². The molecule has 2 rings (SSSR count). The quantitative estimate of drug-likeness (QED) is 0.814. The molecule has 20 heavy (non-hydrogen) atoms. The third-order valence-electron chi connectivity index (χ3n) is 5.14. The van der Waals surface area contributed by atoms with E-state index in [2.05, 4.69) is 31.1 Å². The zero-order valence-corrected chi connectivity index (χ0v) is 13.6. The fraction of sp³-hybridized carbons (Fsp3) is 1.00. The lowest BCUT2D eigenvalue weighted by atomic mass is 9.86. The van der Waals surface area contributed by atoms with E-state index < -0.39 is 0 Å². The predicted molar refractivity (Wildman–Crippen MR) is 84.9 cm³/mol. The second-order valence-electron chi connectivity index (χ2n) is 7.57. The van der Waals surface area contributed by atoms with Crippen LogP contribution in [0.2, 0.25) is 0 Å². The highest BCUT2D eigenvalue weighted by Gasteiger charge is 2.29. The van der Waals surface area contributed by atoms with Gasteiger partial charge in [-0.2, -0.15) is 0 Å². The summed E-state index contributed by atoms with van der Waals surface area (Å²) in [4.78, 5) is 2.45. The SMILES string of the molecule is CC(C)C(O)CC1CC(NC2CCCCC2)CN(C)C1. The Bertz CT molecular complexity index is 276. The molecule has 0 radical (unpaired) electrons. The molecule has 3 atom stereocenters. The van der Waals surface area contributed by atoms with Crippen molar-refractivity contribution >= 4 is 0 Å². The lowest BCUT2D eigenvalue weighted by Gasteiger charge is -2.39. The van der Waals surface area contributed by atoms with Gasteiger partial charge in [0.2, 0.25) is 0 Å². The number of aliphatic hydroxyl groups excluding tert-OH is 1. The van der Waals surface area contributed by atoms with Gasteiger partial charge >= 0.3 is 0 Å². The molecule has 1 saturated carbocycles. The van der Waals surface area contributed by atoms with E-state index in [0.717, 1.165) is 19.0 Å². The molecule has 2 aliphatic rings. The molecule has 0 amide bonds. The van der Waals surface area contributed by atoms with Gasteiger partial charge in [0.1, 0.15) is 0 Å². The first-order valence-corrected chi connectivity index (χ1v) is 8.67. The largest absolute Gasteiger partial charge is 0.393 e. The molecule has 0 aromatic rings. The van der Waals surface area contributed by atoms with Gasteiger partial charge in [0.05, 0.1) is 6.10 Å². The molecular formula is C17H34N2O. The fourth-order valence-corrected chi connectivity index (χ4v) is 3.95. The molecule has 1 aliphatic heterocycles. The first-order chi connectivity index (χ1) is 9.54. The van der Waals surface area contributed by atoms with E-state index >= 15 is 0 Å². The summed E-state index contributed by atoms with van der Waals surface area (Å²) < 4.78 is 0. The average Bonchev–Trinajstić information content (AvgIpc) is 2.39. The van der Waals surface area contributed by atoms with Gasteiger partial charge in [0.25, 0.3) is 0 Å². The van der Waals surface area contributed by atoms with E-state index in [1.165, 1.54) is 45.1 Å². The normalized spacial score (nSPS) is 31.6. The topological polar surface area (TPSA) is 35.5 Å². The van der Waals surface area contributed by atoms with Crippen LogP contribution in [-0.4, -0.2) is 48.3 Å². The van der Waals surface area contributed by atoms with E-state index in [0.29, 0.717) is 17.9 Å². The minimum Gasteiger partial charge on any atom is -0.393 e. The maximum Gasteiger partial charge on any atom is 0.0566 e. The number of nitrogens with one attached hydrogen (secondary N) is 1. The van der Waals surface area contributed by atoms with E-state index in [1.54, 1.807) is 0 Å². The van der Waals surface area contributed by atoms with Crippen LogP contribution in [0.15, 0.2) is 0 Å². The number of likely N-dealkylation sites (N-methyl/N-ethyl adjacent to an activating group) is 1. The van der Waals surface area contributed by atoms with Crippen LogP contribution in [-0.2, 0) is 0 Å². The van der Waals surface area contributed by atoms with Crippen molar-refractivity contribution in [3.63, 3.8) is 0 Å². The zero-order chi connectivity index (χ0) is 14.5. The summed E-state index contributed by atoms with van der Waals surface area (Å²) in [5.74, 6) is 1.03. The van der Waals surface area contributed by atoms with Gasteiger partial charge in [-0.15, -0.1) is 0 Å². The van der Waals surface area contributed by atoms with Gasteiger partial charge in [-0.1, -0.05) is 33.1 Å². The Kier molecular flexibility index (Phi) is 6.31. The van der Waals surface area contributed by atoms with Crippen molar-refractivity contribution < 1.29 is 5.11 Å². The first-order valence-electron chi connectivity index (χ1n) is 8.67. The molecule has 118 valence electrons. The number of hydrogen-bond donors (Lipinski definition) is 2. The summed E-state index contributed by atoms with van der Waals surface area (Å²) in [7, 11) is 2.23. The molecule has 1 saturated heterocycles. The number of rotatable bonds is 5. The molecule has 2 N–H and O–H groups in total. The van der Waals surface area contributed by atoms with Crippen LogP contribution in [0.1, 0.15) is 58.8 Å². The van der Waals surface area contributed by atoms with Crippen LogP contribution in [0.4, 0.5) is 0 Å². The molecule has 3 heteroatoms. The van der Waals surface area contributed by atoms with Gasteiger partial charge in [0, 0.05) is 25.2 Å². The Morgan fingerprint density at radius 3 is 2.45 bits per heavy atom. The smallest absolute Gasteiger partial charge is 0.0566 e. The minimum atomic E-state index is -0.137. The Balaban J connectivity index is 1.80. The van der Waals surface area contributed by atoms with E-state index in [4.69, 9.17) is 0 Å². The van der Waals surface area contributed by atoms with Crippen molar-refractivity contribution in [3.05, 3.63) is 0 Å². The molecule has 0 spiro atoms. The summed E-state index contributed by atoms with van der Waals surface area (Å²) in [6, 6.07) is 1.37. The molecule has 0 aromatic heterocycles. The summed E-state index contributed by atoms with van der Waals surface area (Å²) in [6.07, 6.45) is 9.01. The molecule has 2 fully saturated rings. The zero-order valence-electron chi connectivity index (χ0n) is 13.6. The van der Waals surface area contributed by atoms with Crippen molar-refractivity contribution in [2.45, 2.75) is 77.0 Å². The van der Waals surface area contributed by atoms with Crippen LogP contribution in [0.5, 0.6) is 0 Å². The predicted octanol–water partition coefficient (Wildman–Crippen LogP) is 2.64. The van der Waals surface area contributed by atoms with Crippen molar-refractivity contribution in [1.82, 2.24) is 10.2 Å². The minimum absolute atomic E-state index is 0.137. The molecule has 1 aliphatic carbocycles. The summed E-state index contributed by atoms with van der Waals surface area (Å²) in [5.41, 5.74) is 0. The second-order valence-corrected chi connectivity index (χ2v) is 7.57. The Labute approximate surface area is 125 Å². The molecule has 0 aromatic carbocycles. The number of hydrogen-bond acceptors (Lipinski definition) is 3. The maximum atomic E-state index is 10.1. The summed E-state index contributed by atoms with van der Waals surface area (Å²) in [5, 5.41) is 14.0. The van der Waals surface area contributed by atoms with Gasteiger partial charge in [-0.25, -0.2) is 0 Å². The Hall–Kier alpha value is -0.120. The second kappa shape index (κ2) is 7.77. The highest BCUT2D eigenvalue weighted by atomic mass is 16.3. The number of aliphatic hydroxyl groups is 1. The van der Waals surface area contributed by atoms with Crippen LogP contribution in [0.25, 0.3) is 0 Å². The standard InChI is InChI=1S/C17H34N2O/c1-13(2)17(20)10-14-9-16(12-19(3)11-14)18-15-7-5-4-6-8-15/h13-18,20H,4-12H2,1-3H3. The van der Waals surface area contributed by atoms with Crippen LogP contribution in [0.3, 0.4) is 0 Å². The number of nitrogens with zero attached hydrogens (tertiary/aromatic N) is 1. The van der Waals surface area contributed by atoms with Gasteiger partial charge in [-0.3, -0.25) is 0 Å². The van der Waals surface area contributed by atoms with E-state index in [1.807, 2.05) is 0 Å². The average molecular weight is 282 g/mol. The number of likely N-dealkylation sites (tertiary alicyclic amines) is 1.